The van der Waals surface area contributed by atoms with Crippen molar-refractivity contribution in [3.63, 3.8) is 0 Å². The van der Waals surface area contributed by atoms with Gasteiger partial charge in [0.05, 0.1) is 0 Å². The fourth-order valence-corrected chi connectivity index (χ4v) is 9.31. The van der Waals surface area contributed by atoms with Crippen LogP contribution in [0.4, 0.5) is 0 Å². The predicted molar refractivity (Wildman–Crippen MR) is 147 cm³/mol. The van der Waals surface area contributed by atoms with Crippen LogP contribution in [0.2, 0.25) is 0 Å². The van der Waals surface area contributed by atoms with Crippen LogP contribution in [0, 0.1) is 23.2 Å². The third-order valence-corrected chi connectivity index (χ3v) is 11.8. The van der Waals surface area contributed by atoms with Crippen molar-refractivity contribution in [1.29, 1.82) is 0 Å². The molecule has 0 amide bonds. The van der Waals surface area contributed by atoms with E-state index < -0.39 is 0 Å². The number of hydrogen-bond acceptors (Lipinski definition) is 0. The molecular weight excluding hydrogens is 408 g/mol. The molecule has 0 unspecified atom stereocenters. The maximum Gasteiger partial charge on any atom is -0.00463 e. The summed E-state index contributed by atoms with van der Waals surface area (Å²) in [6.45, 7) is 4.70. The summed E-state index contributed by atoms with van der Waals surface area (Å²) in [5, 5.41) is 0. The minimum absolute atomic E-state index is 0.524. The van der Waals surface area contributed by atoms with E-state index in [2.05, 4.69) is 38.1 Å². The molecule has 5 aliphatic carbocycles. The Morgan fingerprint density at radius 3 is 1.79 bits per heavy atom. The second kappa shape index (κ2) is 11.1. The van der Waals surface area contributed by atoms with Gasteiger partial charge in [-0.2, -0.15) is 0 Å². The van der Waals surface area contributed by atoms with Crippen LogP contribution in [-0.4, -0.2) is 0 Å². The summed E-state index contributed by atoms with van der Waals surface area (Å²) in [7, 11) is 0. The quantitative estimate of drug-likeness (QED) is 0.320. The second-order valence-corrected chi connectivity index (χ2v) is 13.5. The summed E-state index contributed by atoms with van der Waals surface area (Å²) >= 11 is 0. The molecular formula is C34H54. The van der Waals surface area contributed by atoms with E-state index in [1.165, 1.54) is 103 Å². The molecule has 0 spiro atoms. The summed E-state index contributed by atoms with van der Waals surface area (Å²) < 4.78 is 0. The van der Waals surface area contributed by atoms with Gasteiger partial charge in [0, 0.05) is 0 Å². The molecule has 1 aromatic carbocycles. The zero-order valence-electron chi connectivity index (χ0n) is 22.8. The first kappa shape index (κ1) is 24.9. The summed E-state index contributed by atoms with van der Waals surface area (Å²) in [4.78, 5) is 0. The third kappa shape index (κ3) is 5.18. The Morgan fingerprint density at radius 2 is 1.21 bits per heavy atom. The lowest BCUT2D eigenvalue weighted by Gasteiger charge is -2.58. The van der Waals surface area contributed by atoms with Crippen molar-refractivity contribution in [3.8, 4) is 0 Å². The van der Waals surface area contributed by atoms with Gasteiger partial charge in [-0.05, 0) is 123 Å². The third-order valence-electron chi connectivity index (χ3n) is 11.8. The van der Waals surface area contributed by atoms with Crippen LogP contribution in [-0.2, 0) is 5.41 Å². The van der Waals surface area contributed by atoms with E-state index in [1.54, 1.807) is 36.8 Å². The molecule has 5 fully saturated rings. The minimum atomic E-state index is 0.524. The van der Waals surface area contributed by atoms with Gasteiger partial charge in [0.2, 0.25) is 0 Å². The predicted octanol–water partition coefficient (Wildman–Crippen LogP) is 10.7. The maximum atomic E-state index is 2.58. The highest BCUT2D eigenvalue weighted by atomic mass is 14.6. The Kier molecular flexibility index (Phi) is 8.12. The van der Waals surface area contributed by atoms with Crippen molar-refractivity contribution < 1.29 is 0 Å². The van der Waals surface area contributed by atoms with Crippen molar-refractivity contribution in [2.24, 2.45) is 23.2 Å². The first-order chi connectivity index (χ1) is 16.7. The normalized spacial score (nSPS) is 38.2. The van der Waals surface area contributed by atoms with Gasteiger partial charge < -0.3 is 0 Å². The van der Waals surface area contributed by atoms with Gasteiger partial charge >= 0.3 is 0 Å². The fourth-order valence-electron chi connectivity index (χ4n) is 9.31. The van der Waals surface area contributed by atoms with E-state index in [0.29, 0.717) is 5.41 Å². The highest BCUT2D eigenvalue weighted by Crippen LogP contribution is 2.62. The lowest BCUT2D eigenvalue weighted by molar-refractivity contribution is -0.0294. The van der Waals surface area contributed by atoms with Gasteiger partial charge in [-0.25, -0.2) is 0 Å². The summed E-state index contributed by atoms with van der Waals surface area (Å²) in [5.74, 6) is 3.96. The van der Waals surface area contributed by atoms with E-state index in [-0.39, 0.29) is 0 Å². The number of unbranched alkanes of at least 4 members (excludes halogenated alkanes) is 2. The topological polar surface area (TPSA) is 0 Å². The Balaban J connectivity index is 1.14. The van der Waals surface area contributed by atoms with Gasteiger partial charge in [-0.1, -0.05) is 89.5 Å². The summed E-state index contributed by atoms with van der Waals surface area (Å²) in [5.41, 5.74) is 4.60. The lowest BCUT2D eigenvalue weighted by Crippen LogP contribution is -2.48. The number of benzene rings is 1. The standard InChI is InChI=1S/C34H54/c1-3-5-6-8-28-11-17-31(18-12-28)33-21-24-34(25-22-33,26-23-33)32-19-15-30(16-20-32)29-13-9-27(7-4-2)10-14-29/h15-16,19-20,27-29,31H,3-14,17-18,21-26H2,1-2H3. The van der Waals surface area contributed by atoms with Gasteiger partial charge in [0.15, 0.2) is 0 Å². The van der Waals surface area contributed by atoms with E-state index in [1.807, 2.05) is 0 Å². The zero-order valence-corrected chi connectivity index (χ0v) is 22.8. The highest BCUT2D eigenvalue weighted by molar-refractivity contribution is 5.33. The Labute approximate surface area is 212 Å². The molecule has 0 nitrogen and oxygen atoms in total. The summed E-state index contributed by atoms with van der Waals surface area (Å²) in [6.07, 6.45) is 29.7. The monoisotopic (exact) mass is 462 g/mol. The Bertz CT molecular complexity index is 716. The van der Waals surface area contributed by atoms with Crippen LogP contribution >= 0.6 is 0 Å². The Hall–Kier alpha value is -0.780. The fraction of sp³-hybridized carbons (Fsp3) is 0.824. The van der Waals surface area contributed by atoms with Crippen molar-refractivity contribution in [2.75, 3.05) is 0 Å². The number of hydrogen-bond donors (Lipinski definition) is 0. The molecule has 1 aromatic rings. The first-order valence-electron chi connectivity index (χ1n) is 15.8. The van der Waals surface area contributed by atoms with Gasteiger partial charge in [-0.15, -0.1) is 0 Å². The van der Waals surface area contributed by atoms with Gasteiger partial charge in [-0.3, -0.25) is 0 Å². The van der Waals surface area contributed by atoms with E-state index in [0.717, 1.165) is 29.1 Å². The van der Waals surface area contributed by atoms with E-state index >= 15 is 0 Å². The highest BCUT2D eigenvalue weighted by Gasteiger charge is 2.52. The van der Waals surface area contributed by atoms with Gasteiger partial charge in [0.25, 0.3) is 0 Å². The van der Waals surface area contributed by atoms with Crippen LogP contribution < -0.4 is 0 Å². The van der Waals surface area contributed by atoms with Crippen molar-refractivity contribution >= 4 is 0 Å². The van der Waals surface area contributed by atoms with Crippen molar-refractivity contribution in [2.45, 2.75) is 154 Å². The maximum absolute atomic E-state index is 2.58. The molecule has 5 aliphatic rings. The zero-order chi connectivity index (χ0) is 23.4. The molecule has 0 radical (unpaired) electrons. The van der Waals surface area contributed by atoms with Gasteiger partial charge in [0.1, 0.15) is 0 Å². The SMILES string of the molecule is CCCCCC1CCC(C23CCC(c4ccc(C5CCC(CCC)CC5)cc4)(CC2)CC3)CC1. The van der Waals surface area contributed by atoms with E-state index in [9.17, 15) is 0 Å². The molecule has 0 heterocycles. The molecule has 190 valence electrons. The van der Waals surface area contributed by atoms with Crippen LogP contribution in [0.3, 0.4) is 0 Å². The molecule has 0 saturated heterocycles. The molecule has 6 rings (SSSR count). The lowest BCUT2D eigenvalue weighted by atomic mass is 9.47. The number of rotatable bonds is 9. The first-order valence-corrected chi connectivity index (χ1v) is 15.8. The van der Waals surface area contributed by atoms with Crippen molar-refractivity contribution in [3.05, 3.63) is 35.4 Å². The molecule has 0 atom stereocenters. The molecule has 5 saturated carbocycles. The molecule has 0 heteroatoms. The average molecular weight is 463 g/mol. The van der Waals surface area contributed by atoms with Crippen LogP contribution in [0.15, 0.2) is 24.3 Å². The molecule has 34 heavy (non-hydrogen) atoms. The summed E-state index contributed by atoms with van der Waals surface area (Å²) in [6, 6.07) is 10.2. The largest absolute Gasteiger partial charge is 0.0654 e. The minimum Gasteiger partial charge on any atom is -0.0654 e. The van der Waals surface area contributed by atoms with Crippen molar-refractivity contribution in [1.82, 2.24) is 0 Å². The Morgan fingerprint density at radius 1 is 0.618 bits per heavy atom. The van der Waals surface area contributed by atoms with Crippen LogP contribution in [0.25, 0.3) is 0 Å². The molecule has 0 aromatic heterocycles. The molecule has 0 N–H and O–H groups in total. The molecule has 0 aliphatic heterocycles. The molecule has 2 bridgehead atoms. The van der Waals surface area contributed by atoms with Crippen LogP contribution in [0.5, 0.6) is 0 Å². The smallest absolute Gasteiger partial charge is 0.00463 e. The average Bonchev–Trinajstić information content (AvgIpc) is 2.91. The van der Waals surface area contributed by atoms with Crippen LogP contribution in [0.1, 0.15) is 159 Å². The number of fused-ring (bicyclic) bond motifs is 3. The second-order valence-electron chi connectivity index (χ2n) is 13.5. The van der Waals surface area contributed by atoms with E-state index in [4.69, 9.17) is 0 Å².